The predicted octanol–water partition coefficient (Wildman–Crippen LogP) is 6.88. The third kappa shape index (κ3) is 6.88. The number of hydrogen-bond donors (Lipinski definition) is 1. The Morgan fingerprint density at radius 3 is 1.94 bits per heavy atom. The monoisotopic (exact) mass is 513 g/mol. The summed E-state index contributed by atoms with van der Waals surface area (Å²) >= 11 is 6.02. The molecule has 0 aromatic heterocycles. The van der Waals surface area contributed by atoms with E-state index in [1.807, 2.05) is 24.3 Å². The molecule has 1 unspecified atom stereocenters. The lowest BCUT2D eigenvalue weighted by Gasteiger charge is -2.25. The fourth-order valence-corrected chi connectivity index (χ4v) is 6.33. The highest BCUT2D eigenvalue weighted by molar-refractivity contribution is 6.80. The highest BCUT2D eigenvalue weighted by atomic mass is 35.5. The zero-order valence-corrected chi connectivity index (χ0v) is 23.0. The Morgan fingerprint density at radius 1 is 0.806 bits per heavy atom. The number of aryl methyl sites for hydroxylation is 1. The number of benzene rings is 4. The van der Waals surface area contributed by atoms with Crippen molar-refractivity contribution in [3.8, 4) is 5.75 Å². The van der Waals surface area contributed by atoms with Gasteiger partial charge in [-0.3, -0.25) is 0 Å². The van der Waals surface area contributed by atoms with Crippen molar-refractivity contribution in [2.45, 2.75) is 51.6 Å². The average molecular weight is 514 g/mol. The first kappa shape index (κ1) is 26.2. The van der Waals surface area contributed by atoms with Crippen molar-refractivity contribution in [3.63, 3.8) is 0 Å². The van der Waals surface area contributed by atoms with E-state index in [9.17, 15) is 5.11 Å². The molecule has 0 spiro atoms. The molecule has 0 aliphatic rings. The molecule has 36 heavy (non-hydrogen) atoms. The Labute approximate surface area is 222 Å². The van der Waals surface area contributed by atoms with Gasteiger partial charge in [-0.25, -0.2) is 0 Å². The largest absolute Gasteiger partial charge is 0.532 e. The zero-order chi connectivity index (χ0) is 25.5. The third-order valence-corrected chi connectivity index (χ3v) is 8.77. The van der Waals surface area contributed by atoms with Gasteiger partial charge in [-0.1, -0.05) is 117 Å². The summed E-state index contributed by atoms with van der Waals surface area (Å²) < 4.78 is 6.88. The molecule has 0 aliphatic carbocycles. The second-order valence-corrected chi connectivity index (χ2v) is 12.7. The number of aliphatic hydroxyl groups excluding tert-OH is 1. The van der Waals surface area contributed by atoms with Crippen LogP contribution in [0, 0.1) is 0 Å². The van der Waals surface area contributed by atoms with Crippen molar-refractivity contribution in [3.05, 3.63) is 125 Å². The van der Waals surface area contributed by atoms with Crippen LogP contribution in [0.3, 0.4) is 0 Å². The maximum Gasteiger partial charge on any atom is 0.352 e. The second-order valence-electron chi connectivity index (χ2n) is 10.2. The van der Waals surface area contributed by atoms with Crippen molar-refractivity contribution in [2.75, 3.05) is 0 Å². The molecule has 4 aromatic carbocycles. The Kier molecular flexibility index (Phi) is 8.68. The van der Waals surface area contributed by atoms with Crippen LogP contribution in [0.4, 0.5) is 0 Å². The van der Waals surface area contributed by atoms with Crippen LogP contribution in [0.15, 0.2) is 103 Å². The van der Waals surface area contributed by atoms with Gasteiger partial charge in [0.25, 0.3) is 0 Å². The third-order valence-electron chi connectivity index (χ3n) is 6.38. The SMILES string of the molecule is CC(C)(C)c1ccc(C(O)CCCc2ccc(Cl)cc2)c(O[Si](c2ccccc2)c2ccccc2)c1. The highest BCUT2D eigenvalue weighted by Gasteiger charge is 2.25. The average Bonchev–Trinajstić information content (AvgIpc) is 2.88. The molecule has 1 N–H and O–H groups in total. The lowest BCUT2D eigenvalue weighted by Crippen LogP contribution is -2.47. The van der Waals surface area contributed by atoms with Crippen LogP contribution in [-0.2, 0) is 11.8 Å². The van der Waals surface area contributed by atoms with E-state index in [-0.39, 0.29) is 5.41 Å². The maximum absolute atomic E-state index is 11.3. The number of rotatable bonds is 9. The molecule has 4 rings (SSSR count). The molecule has 0 aliphatic heterocycles. The lowest BCUT2D eigenvalue weighted by molar-refractivity contribution is 0.162. The van der Waals surface area contributed by atoms with Crippen LogP contribution in [0.5, 0.6) is 5.75 Å². The van der Waals surface area contributed by atoms with Gasteiger partial charge in [-0.05, 0) is 64.4 Å². The van der Waals surface area contributed by atoms with Crippen LogP contribution in [0.2, 0.25) is 5.02 Å². The summed E-state index contributed by atoms with van der Waals surface area (Å²) in [6, 6.07) is 35.1. The molecular formula is C32H34ClO2Si. The van der Waals surface area contributed by atoms with E-state index in [2.05, 4.69) is 99.6 Å². The van der Waals surface area contributed by atoms with Crippen LogP contribution in [0.1, 0.15) is 56.4 Å². The van der Waals surface area contributed by atoms with Gasteiger partial charge in [0.15, 0.2) is 0 Å². The highest BCUT2D eigenvalue weighted by Crippen LogP contribution is 2.34. The van der Waals surface area contributed by atoms with E-state index >= 15 is 0 Å². The second kappa shape index (κ2) is 11.9. The van der Waals surface area contributed by atoms with Gasteiger partial charge in [-0.15, -0.1) is 0 Å². The molecule has 0 saturated carbocycles. The van der Waals surface area contributed by atoms with Gasteiger partial charge in [0.05, 0.1) is 6.10 Å². The van der Waals surface area contributed by atoms with Gasteiger partial charge in [0, 0.05) is 10.6 Å². The van der Waals surface area contributed by atoms with Crippen LogP contribution < -0.4 is 14.8 Å². The summed E-state index contributed by atoms with van der Waals surface area (Å²) in [5.74, 6) is 0.781. The number of halogens is 1. The Hall–Kier alpha value is -2.85. The Balaban J connectivity index is 1.62. The van der Waals surface area contributed by atoms with Crippen molar-refractivity contribution in [1.29, 1.82) is 0 Å². The van der Waals surface area contributed by atoms with Crippen molar-refractivity contribution in [2.24, 2.45) is 0 Å². The standard InChI is InChI=1S/C32H34ClO2Si/c1-32(2,3)25-19-22-29(30(34)16-10-11-24-17-20-26(33)21-18-24)31(23-25)35-36(27-12-6-4-7-13-27)28-14-8-5-9-15-28/h4-9,12-15,17-23,30,34H,10-11,16H2,1-3H3. The fourth-order valence-electron chi connectivity index (χ4n) is 4.24. The predicted molar refractivity (Wildman–Crippen MR) is 153 cm³/mol. The molecule has 2 nitrogen and oxygen atoms in total. The van der Waals surface area contributed by atoms with Crippen LogP contribution in [-0.4, -0.2) is 14.1 Å². The minimum atomic E-state index is -1.56. The summed E-state index contributed by atoms with van der Waals surface area (Å²) in [6.45, 7) is 6.61. The van der Waals surface area contributed by atoms with Crippen LogP contribution >= 0.6 is 11.6 Å². The Morgan fingerprint density at radius 2 is 1.39 bits per heavy atom. The first-order chi connectivity index (χ1) is 17.3. The molecule has 185 valence electrons. The lowest BCUT2D eigenvalue weighted by atomic mass is 9.85. The van der Waals surface area contributed by atoms with Gasteiger partial charge in [0.1, 0.15) is 5.75 Å². The first-order valence-electron chi connectivity index (χ1n) is 12.5. The minimum absolute atomic E-state index is 0.0252. The van der Waals surface area contributed by atoms with E-state index in [0.29, 0.717) is 6.42 Å². The summed E-state index contributed by atoms with van der Waals surface area (Å²) in [4.78, 5) is 0. The molecule has 1 radical (unpaired) electrons. The molecule has 0 fully saturated rings. The summed E-state index contributed by atoms with van der Waals surface area (Å²) in [7, 11) is -1.56. The molecule has 0 saturated heterocycles. The topological polar surface area (TPSA) is 29.5 Å². The normalized spacial score (nSPS) is 12.5. The molecule has 1 atom stereocenters. The zero-order valence-electron chi connectivity index (χ0n) is 21.2. The van der Waals surface area contributed by atoms with Crippen molar-refractivity contribution in [1.82, 2.24) is 0 Å². The smallest absolute Gasteiger partial charge is 0.352 e. The summed E-state index contributed by atoms with van der Waals surface area (Å²) in [6.07, 6.45) is 1.83. The molecule has 4 heteroatoms. The van der Waals surface area contributed by atoms with Gasteiger partial charge < -0.3 is 9.53 Å². The van der Waals surface area contributed by atoms with E-state index in [4.69, 9.17) is 16.0 Å². The molecule has 0 amide bonds. The molecule has 0 heterocycles. The molecule has 0 bridgehead atoms. The molecular weight excluding hydrogens is 480 g/mol. The van der Waals surface area contributed by atoms with Gasteiger partial charge in [-0.2, -0.15) is 0 Å². The van der Waals surface area contributed by atoms with E-state index in [1.165, 1.54) is 21.5 Å². The summed E-state index contributed by atoms with van der Waals surface area (Å²) in [5.41, 5.74) is 3.25. The summed E-state index contributed by atoms with van der Waals surface area (Å²) in [5, 5.41) is 14.4. The number of aliphatic hydroxyl groups is 1. The Bertz CT molecular complexity index is 1200. The van der Waals surface area contributed by atoms with Crippen molar-refractivity contribution >= 4 is 31.0 Å². The quantitative estimate of drug-likeness (QED) is 0.247. The number of hydrogen-bond acceptors (Lipinski definition) is 2. The van der Waals surface area contributed by atoms with Crippen LogP contribution in [0.25, 0.3) is 0 Å². The maximum atomic E-state index is 11.3. The van der Waals surface area contributed by atoms with E-state index < -0.39 is 15.1 Å². The fraction of sp³-hybridized carbons (Fsp3) is 0.250. The first-order valence-corrected chi connectivity index (χ1v) is 14.3. The van der Waals surface area contributed by atoms with Crippen molar-refractivity contribution < 1.29 is 9.53 Å². The minimum Gasteiger partial charge on any atom is -0.532 e. The van der Waals surface area contributed by atoms with Gasteiger partial charge in [0.2, 0.25) is 0 Å². The van der Waals surface area contributed by atoms with E-state index in [1.54, 1.807) is 0 Å². The molecule has 4 aromatic rings. The van der Waals surface area contributed by atoms with Gasteiger partial charge >= 0.3 is 9.04 Å². The van der Waals surface area contributed by atoms with E-state index in [0.717, 1.165) is 29.2 Å².